The fourth-order valence-corrected chi connectivity index (χ4v) is 12.0. The maximum absolute atomic E-state index is 14.6. The SMILES string of the molecule is CCOc1ccccc1CN1CCCN(c2ccc(NC(=O)c3cc(-c4ccc(C#N)cc4)c(C)c(-c4ccc(CN5CCCN(c6ccc(NC(=O)c7ccc(C)c(-c8ccc(C#N)cc8)c7)cn6)CC5)c(N5CCN(C)CC5)c4)c3)cn2)CC1. The first-order valence-electron chi connectivity index (χ1n) is 30.0. The summed E-state index contributed by atoms with van der Waals surface area (Å²) in [5.74, 6) is 2.26. The summed E-state index contributed by atoms with van der Waals surface area (Å²) < 4.78 is 5.92. The van der Waals surface area contributed by atoms with Crippen molar-refractivity contribution in [2.75, 3.05) is 118 Å². The van der Waals surface area contributed by atoms with Crippen LogP contribution in [0.15, 0.2) is 158 Å². The van der Waals surface area contributed by atoms with E-state index in [1.807, 2.05) is 117 Å². The van der Waals surface area contributed by atoms with Gasteiger partial charge in [0.15, 0.2) is 0 Å². The lowest BCUT2D eigenvalue weighted by Gasteiger charge is -2.36. The van der Waals surface area contributed by atoms with Gasteiger partial charge in [-0.2, -0.15) is 10.5 Å². The maximum Gasteiger partial charge on any atom is 0.255 e. The normalized spacial score (nSPS) is 15.3. The Kier molecular flexibility index (Phi) is 18.4. The van der Waals surface area contributed by atoms with E-state index in [0.717, 1.165) is 166 Å². The van der Waals surface area contributed by atoms with Crippen LogP contribution in [0.25, 0.3) is 33.4 Å². The Morgan fingerprint density at radius 1 is 0.523 bits per heavy atom. The summed E-state index contributed by atoms with van der Waals surface area (Å²) in [7, 11) is 2.18. The van der Waals surface area contributed by atoms with Crippen molar-refractivity contribution in [2.24, 2.45) is 0 Å². The molecule has 15 nitrogen and oxygen atoms in total. The molecule has 3 saturated heterocycles. The van der Waals surface area contributed by atoms with Crippen molar-refractivity contribution < 1.29 is 14.3 Å². The van der Waals surface area contributed by atoms with Crippen molar-refractivity contribution >= 4 is 40.5 Å². The minimum absolute atomic E-state index is 0.216. The number of nitrogens with zero attached hydrogens (tertiary/aromatic N) is 10. The number of likely N-dealkylation sites (N-methyl/N-ethyl adjacent to an activating group) is 1. The van der Waals surface area contributed by atoms with Crippen LogP contribution >= 0.6 is 0 Å². The molecular weight excluding hydrogens is 1070 g/mol. The Balaban J connectivity index is 0.784. The molecule has 2 aromatic heterocycles. The number of anilines is 5. The van der Waals surface area contributed by atoms with Crippen LogP contribution in [0.3, 0.4) is 0 Å². The van der Waals surface area contributed by atoms with Crippen molar-refractivity contribution in [3.63, 3.8) is 0 Å². The Labute approximate surface area is 505 Å². The lowest BCUT2D eigenvalue weighted by molar-refractivity contribution is 0.101. The van der Waals surface area contributed by atoms with Gasteiger partial charge in [-0.3, -0.25) is 19.4 Å². The third-order valence-corrected chi connectivity index (χ3v) is 17.0. The molecule has 3 aliphatic heterocycles. The molecule has 0 unspecified atom stereocenters. The summed E-state index contributed by atoms with van der Waals surface area (Å²) in [6.07, 6.45) is 5.47. The summed E-state index contributed by atoms with van der Waals surface area (Å²) in [4.78, 5) is 52.4. The van der Waals surface area contributed by atoms with E-state index in [1.165, 1.54) is 16.8 Å². The number of aryl methyl sites for hydroxylation is 1. The van der Waals surface area contributed by atoms with E-state index in [0.29, 0.717) is 40.2 Å². The summed E-state index contributed by atoms with van der Waals surface area (Å²) in [5, 5.41) is 25.2. The highest BCUT2D eigenvalue weighted by Gasteiger charge is 2.25. The number of para-hydroxylation sites is 1. The number of carbonyl (C=O) groups is 2. The molecule has 0 radical (unpaired) electrons. The van der Waals surface area contributed by atoms with Crippen LogP contribution in [0.2, 0.25) is 0 Å². The summed E-state index contributed by atoms with van der Waals surface area (Å²) >= 11 is 0. The molecule has 0 aliphatic carbocycles. The number of ether oxygens (including phenoxy) is 1. The molecule has 86 heavy (non-hydrogen) atoms. The molecule has 3 aliphatic rings. The molecule has 2 N–H and O–H groups in total. The second-order valence-corrected chi connectivity index (χ2v) is 22.7. The molecule has 11 rings (SSSR count). The molecule has 8 aromatic rings. The largest absolute Gasteiger partial charge is 0.494 e. The van der Waals surface area contributed by atoms with Crippen LogP contribution in [0.5, 0.6) is 5.75 Å². The molecule has 6 aromatic carbocycles. The second-order valence-electron chi connectivity index (χ2n) is 22.7. The van der Waals surface area contributed by atoms with Gasteiger partial charge in [0.25, 0.3) is 11.8 Å². The number of nitrogens with one attached hydrogen (secondary N) is 2. The van der Waals surface area contributed by atoms with Crippen LogP contribution in [0.1, 0.15) is 73.9 Å². The van der Waals surface area contributed by atoms with Gasteiger partial charge in [-0.05, 0) is 176 Å². The first kappa shape index (κ1) is 58.4. The van der Waals surface area contributed by atoms with Crippen LogP contribution in [0.4, 0.5) is 28.7 Å². The predicted octanol–water partition coefficient (Wildman–Crippen LogP) is 11.9. The van der Waals surface area contributed by atoms with Gasteiger partial charge in [0, 0.05) is 114 Å². The average molecular weight is 1140 g/mol. The first-order valence-corrected chi connectivity index (χ1v) is 30.0. The number of benzene rings is 6. The average Bonchev–Trinajstić information content (AvgIpc) is 1.84. The van der Waals surface area contributed by atoms with Gasteiger partial charge in [0.1, 0.15) is 17.4 Å². The van der Waals surface area contributed by atoms with Gasteiger partial charge in [-0.25, -0.2) is 9.97 Å². The molecule has 3 fully saturated rings. The second kappa shape index (κ2) is 27.1. The third-order valence-electron chi connectivity index (χ3n) is 17.0. The van der Waals surface area contributed by atoms with E-state index >= 15 is 0 Å². The number of hydrogen-bond donors (Lipinski definition) is 2. The zero-order chi connectivity index (χ0) is 59.5. The number of pyridine rings is 2. The molecule has 5 heterocycles. The van der Waals surface area contributed by atoms with Crippen LogP contribution < -0.4 is 30.1 Å². The number of rotatable bonds is 16. The molecule has 2 amide bonds. The molecule has 436 valence electrons. The van der Waals surface area contributed by atoms with Crippen molar-refractivity contribution in [3.8, 4) is 51.3 Å². The van der Waals surface area contributed by atoms with Crippen LogP contribution in [-0.2, 0) is 13.1 Å². The Hall–Kier alpha value is -9.38. The lowest BCUT2D eigenvalue weighted by atomic mass is 9.89. The van der Waals surface area contributed by atoms with Crippen molar-refractivity contribution in [2.45, 2.75) is 46.7 Å². The molecule has 0 bridgehead atoms. The number of carbonyl (C=O) groups excluding carboxylic acids is 2. The first-order chi connectivity index (χ1) is 42.0. The van der Waals surface area contributed by atoms with E-state index in [4.69, 9.17) is 14.7 Å². The maximum atomic E-state index is 14.6. The fraction of sp³-hybridized carbons (Fsp3) is 0.296. The van der Waals surface area contributed by atoms with Gasteiger partial charge < -0.3 is 35.0 Å². The van der Waals surface area contributed by atoms with E-state index < -0.39 is 0 Å². The number of piperazine rings is 1. The molecule has 0 atom stereocenters. The van der Waals surface area contributed by atoms with Gasteiger partial charge in [0.05, 0.1) is 53.6 Å². The quantitative estimate of drug-likeness (QED) is 0.0942. The van der Waals surface area contributed by atoms with E-state index in [1.54, 1.807) is 24.5 Å². The smallest absolute Gasteiger partial charge is 0.255 e. The highest BCUT2D eigenvalue weighted by atomic mass is 16.5. The minimum atomic E-state index is -0.230. The van der Waals surface area contributed by atoms with Crippen molar-refractivity contribution in [1.29, 1.82) is 10.5 Å². The summed E-state index contributed by atoms with van der Waals surface area (Å²) in [6.45, 7) is 19.2. The lowest BCUT2D eigenvalue weighted by Crippen LogP contribution is -2.45. The molecule has 0 spiro atoms. The number of nitriles is 2. The van der Waals surface area contributed by atoms with E-state index in [9.17, 15) is 20.1 Å². The topological polar surface area (TPSA) is 160 Å². The van der Waals surface area contributed by atoms with Crippen molar-refractivity contribution in [1.82, 2.24) is 24.7 Å². The fourth-order valence-electron chi connectivity index (χ4n) is 12.0. The summed E-state index contributed by atoms with van der Waals surface area (Å²) in [6, 6.07) is 52.1. The predicted molar refractivity (Wildman–Crippen MR) is 344 cm³/mol. The molecular formula is C71H74N12O3. The highest BCUT2D eigenvalue weighted by molar-refractivity contribution is 6.07. The van der Waals surface area contributed by atoms with E-state index in [-0.39, 0.29) is 11.8 Å². The van der Waals surface area contributed by atoms with Crippen molar-refractivity contribution in [3.05, 3.63) is 202 Å². The Morgan fingerprint density at radius 2 is 1.05 bits per heavy atom. The standard InChI is InChI=1S/C71H74N12O3/c1-5-86-67-11-7-6-10-59(67)49-80-29-9-31-83(39-35-80)69-27-25-62(47-75-69)77-71(85)60-41-64(55-20-15-53(45-73)16-21-55)51(3)65(42-60)56-22-23-58(66(43-56)81-36-32-78(4)33-37-81)48-79-28-8-30-82(38-34-79)68-26-24-61(46-74-68)76-70(84)57-17-12-50(2)63(40-57)54-18-13-52(44-72)14-19-54/h6-7,10-27,40-43,46-47H,5,8-9,28-39,48-49H2,1-4H3,(H,76,84)(H,77,85). The van der Waals surface area contributed by atoms with Gasteiger partial charge >= 0.3 is 0 Å². The minimum Gasteiger partial charge on any atom is -0.494 e. The Morgan fingerprint density at radius 3 is 1.62 bits per heavy atom. The monoisotopic (exact) mass is 1140 g/mol. The van der Waals surface area contributed by atoms with Gasteiger partial charge in [-0.15, -0.1) is 0 Å². The number of aromatic nitrogens is 2. The van der Waals surface area contributed by atoms with Gasteiger partial charge in [0.2, 0.25) is 0 Å². The van der Waals surface area contributed by atoms with Gasteiger partial charge in [-0.1, -0.05) is 60.7 Å². The summed E-state index contributed by atoms with van der Waals surface area (Å²) in [5.41, 5.74) is 15.0. The third kappa shape index (κ3) is 13.9. The number of hydrogen-bond acceptors (Lipinski definition) is 13. The zero-order valence-corrected chi connectivity index (χ0v) is 49.7. The Bertz CT molecular complexity index is 3770. The highest BCUT2D eigenvalue weighted by Crippen LogP contribution is 2.38. The molecule has 0 saturated carbocycles. The van der Waals surface area contributed by atoms with Crippen LogP contribution in [0, 0.1) is 36.5 Å². The molecule has 15 heteroatoms. The zero-order valence-electron chi connectivity index (χ0n) is 49.7. The number of amides is 2. The van der Waals surface area contributed by atoms with E-state index in [2.05, 4.69) is 96.5 Å². The van der Waals surface area contributed by atoms with Crippen LogP contribution in [-0.4, -0.2) is 129 Å².